The Bertz CT molecular complexity index is 609. The molecule has 1 saturated carbocycles. The summed E-state index contributed by atoms with van der Waals surface area (Å²) >= 11 is 0. The van der Waals surface area contributed by atoms with Gasteiger partial charge in [0.05, 0.1) is 29.6 Å². The fourth-order valence-corrected chi connectivity index (χ4v) is 2.59. The third-order valence-corrected chi connectivity index (χ3v) is 3.65. The van der Waals surface area contributed by atoms with E-state index in [1.165, 1.54) is 25.3 Å². The maximum Gasteiger partial charge on any atom is 0.308 e. The monoisotopic (exact) mass is 289 g/mol. The van der Waals surface area contributed by atoms with Crippen molar-refractivity contribution < 1.29 is 14.5 Å². The van der Waals surface area contributed by atoms with E-state index >= 15 is 0 Å². The van der Waals surface area contributed by atoms with Crippen LogP contribution in [-0.4, -0.2) is 24.0 Å². The van der Waals surface area contributed by atoms with Gasteiger partial charge in [0.15, 0.2) is 0 Å². The van der Waals surface area contributed by atoms with Crippen LogP contribution in [0.2, 0.25) is 0 Å². The van der Waals surface area contributed by atoms with E-state index < -0.39 is 4.92 Å². The molecule has 0 aromatic heterocycles. The van der Waals surface area contributed by atoms with Crippen LogP contribution < -0.4 is 5.32 Å². The Hall–Kier alpha value is -2.62. The van der Waals surface area contributed by atoms with Gasteiger partial charge in [0.1, 0.15) is 5.69 Å². The third-order valence-electron chi connectivity index (χ3n) is 3.65. The Morgan fingerprint density at radius 1 is 1.52 bits per heavy atom. The number of nitro benzene ring substituents is 1. The largest absolute Gasteiger partial charge is 0.469 e. The van der Waals surface area contributed by atoms with Gasteiger partial charge in [0.25, 0.3) is 5.69 Å². The zero-order valence-electron chi connectivity index (χ0n) is 11.5. The predicted octanol–water partition coefficient (Wildman–Crippen LogP) is 2.22. The molecule has 0 saturated heterocycles. The minimum absolute atomic E-state index is 0.0132. The quantitative estimate of drug-likeness (QED) is 0.517. The highest BCUT2D eigenvalue weighted by atomic mass is 16.6. The number of nitrogens with one attached hydrogen (secondary N) is 1. The molecule has 2 rings (SSSR count). The molecule has 1 aromatic carbocycles. The van der Waals surface area contributed by atoms with Crippen LogP contribution in [-0.2, 0) is 9.53 Å². The molecule has 1 aliphatic rings. The van der Waals surface area contributed by atoms with Crippen molar-refractivity contribution >= 4 is 17.3 Å². The molecule has 0 aliphatic heterocycles. The van der Waals surface area contributed by atoms with E-state index in [0.29, 0.717) is 18.5 Å². The van der Waals surface area contributed by atoms with Gasteiger partial charge in [-0.1, -0.05) is 0 Å². The molecule has 0 bridgehead atoms. The molecular weight excluding hydrogens is 274 g/mol. The predicted molar refractivity (Wildman–Crippen MR) is 74.6 cm³/mol. The van der Waals surface area contributed by atoms with Crippen LogP contribution in [0.25, 0.3) is 0 Å². The zero-order chi connectivity index (χ0) is 15.4. The fraction of sp³-hybridized carbons (Fsp3) is 0.429. The number of nitro groups is 1. The first-order valence-electron chi connectivity index (χ1n) is 6.58. The first kappa shape index (κ1) is 14.8. The fourth-order valence-electron chi connectivity index (χ4n) is 2.59. The van der Waals surface area contributed by atoms with Crippen LogP contribution in [0.4, 0.5) is 11.4 Å². The normalized spacial score (nSPS) is 20.6. The molecule has 1 N–H and O–H groups in total. The third kappa shape index (κ3) is 3.28. The van der Waals surface area contributed by atoms with Crippen LogP contribution >= 0.6 is 0 Å². The summed E-state index contributed by atoms with van der Waals surface area (Å²) < 4.78 is 4.71. The number of nitrogens with zero attached hydrogens (tertiary/aromatic N) is 2. The number of esters is 1. The van der Waals surface area contributed by atoms with Crippen LogP contribution in [0.3, 0.4) is 0 Å². The number of ether oxygens (including phenoxy) is 1. The standard InChI is InChI=1S/C14H15N3O4/c1-21-14(18)10-3-4-11(7-10)16-12-5-2-9(8-15)6-13(12)17(19)20/h2,5-6,10-11,16H,3-4,7H2,1H3/t10-,11+/m0/s1. The molecule has 7 nitrogen and oxygen atoms in total. The summed E-state index contributed by atoms with van der Waals surface area (Å²) in [5.74, 6) is -0.404. The highest BCUT2D eigenvalue weighted by Crippen LogP contribution is 2.32. The first-order chi connectivity index (χ1) is 10.0. The van der Waals surface area contributed by atoms with Gasteiger partial charge in [0.2, 0.25) is 0 Å². The van der Waals surface area contributed by atoms with E-state index in [4.69, 9.17) is 10.00 Å². The summed E-state index contributed by atoms with van der Waals surface area (Å²) in [7, 11) is 1.36. The SMILES string of the molecule is COC(=O)[C@H]1CC[C@@H](Nc2ccc(C#N)cc2[N+](=O)[O-])C1. The van der Waals surface area contributed by atoms with Crippen LogP contribution in [0.15, 0.2) is 18.2 Å². The van der Waals surface area contributed by atoms with Crippen molar-refractivity contribution in [2.24, 2.45) is 5.92 Å². The van der Waals surface area contributed by atoms with Crippen molar-refractivity contribution in [2.75, 3.05) is 12.4 Å². The zero-order valence-corrected chi connectivity index (χ0v) is 11.5. The highest BCUT2D eigenvalue weighted by molar-refractivity contribution is 5.73. The molecular formula is C14H15N3O4. The van der Waals surface area contributed by atoms with Crippen molar-refractivity contribution in [1.29, 1.82) is 5.26 Å². The van der Waals surface area contributed by atoms with E-state index in [0.717, 1.165) is 6.42 Å². The number of benzene rings is 1. The van der Waals surface area contributed by atoms with Gasteiger partial charge in [-0.05, 0) is 31.4 Å². The Morgan fingerprint density at radius 2 is 2.29 bits per heavy atom. The average molecular weight is 289 g/mol. The number of anilines is 1. The van der Waals surface area contributed by atoms with Crippen molar-refractivity contribution in [1.82, 2.24) is 0 Å². The molecule has 0 unspecified atom stereocenters. The van der Waals surface area contributed by atoms with Gasteiger partial charge in [-0.25, -0.2) is 0 Å². The lowest BCUT2D eigenvalue weighted by Gasteiger charge is -2.14. The van der Waals surface area contributed by atoms with Crippen molar-refractivity contribution in [3.63, 3.8) is 0 Å². The van der Waals surface area contributed by atoms with E-state index in [1.54, 1.807) is 0 Å². The van der Waals surface area contributed by atoms with E-state index in [1.807, 2.05) is 6.07 Å². The van der Waals surface area contributed by atoms with Gasteiger partial charge in [0, 0.05) is 12.1 Å². The highest BCUT2D eigenvalue weighted by Gasteiger charge is 2.31. The number of rotatable bonds is 4. The Balaban J connectivity index is 2.12. The lowest BCUT2D eigenvalue weighted by molar-refractivity contribution is -0.384. The molecule has 0 amide bonds. The van der Waals surface area contributed by atoms with Crippen LogP contribution in [0.1, 0.15) is 24.8 Å². The van der Waals surface area contributed by atoms with Crippen molar-refractivity contribution in [3.8, 4) is 6.07 Å². The molecule has 1 aromatic rings. The average Bonchev–Trinajstić information content (AvgIpc) is 2.95. The molecule has 0 heterocycles. The van der Waals surface area contributed by atoms with E-state index in [9.17, 15) is 14.9 Å². The molecule has 2 atom stereocenters. The number of hydrogen-bond donors (Lipinski definition) is 1. The lowest BCUT2D eigenvalue weighted by Crippen LogP contribution is -2.19. The van der Waals surface area contributed by atoms with Gasteiger partial charge in [-0.2, -0.15) is 5.26 Å². The Kier molecular flexibility index (Phi) is 4.38. The maximum absolute atomic E-state index is 11.5. The molecule has 1 fully saturated rings. The summed E-state index contributed by atoms with van der Waals surface area (Å²) in [4.78, 5) is 22.0. The number of hydrogen-bond acceptors (Lipinski definition) is 6. The molecule has 0 radical (unpaired) electrons. The summed E-state index contributed by atoms with van der Waals surface area (Å²) in [6, 6.07) is 6.17. The van der Waals surface area contributed by atoms with Gasteiger partial charge < -0.3 is 10.1 Å². The molecule has 21 heavy (non-hydrogen) atoms. The summed E-state index contributed by atoms with van der Waals surface area (Å²) in [6.07, 6.45) is 2.04. The molecule has 7 heteroatoms. The number of nitriles is 1. The van der Waals surface area contributed by atoms with Gasteiger partial charge in [-0.15, -0.1) is 0 Å². The second-order valence-electron chi connectivity index (χ2n) is 4.98. The smallest absolute Gasteiger partial charge is 0.308 e. The summed E-state index contributed by atoms with van der Waals surface area (Å²) in [6.45, 7) is 0. The van der Waals surface area contributed by atoms with Gasteiger partial charge >= 0.3 is 5.97 Å². The second-order valence-corrected chi connectivity index (χ2v) is 4.98. The van der Waals surface area contributed by atoms with Crippen LogP contribution in [0.5, 0.6) is 0 Å². The number of carbonyl (C=O) groups is 1. The molecule has 110 valence electrons. The topological polar surface area (TPSA) is 105 Å². The minimum Gasteiger partial charge on any atom is -0.469 e. The lowest BCUT2D eigenvalue weighted by atomic mass is 10.1. The Morgan fingerprint density at radius 3 is 2.90 bits per heavy atom. The van der Waals surface area contributed by atoms with Crippen LogP contribution in [0, 0.1) is 27.4 Å². The summed E-state index contributed by atoms with van der Waals surface area (Å²) in [5, 5.41) is 23.0. The molecule has 1 aliphatic carbocycles. The molecule has 0 spiro atoms. The Labute approximate surface area is 121 Å². The number of carbonyl (C=O) groups excluding carboxylic acids is 1. The van der Waals surface area contributed by atoms with Crippen molar-refractivity contribution in [2.45, 2.75) is 25.3 Å². The summed E-state index contributed by atoms with van der Waals surface area (Å²) in [5.41, 5.74) is 0.483. The van der Waals surface area contributed by atoms with E-state index in [2.05, 4.69) is 5.32 Å². The maximum atomic E-state index is 11.5. The van der Waals surface area contributed by atoms with Gasteiger partial charge in [-0.3, -0.25) is 14.9 Å². The first-order valence-corrected chi connectivity index (χ1v) is 6.58. The van der Waals surface area contributed by atoms with Crippen molar-refractivity contribution in [3.05, 3.63) is 33.9 Å². The number of methoxy groups -OCH3 is 1. The second kappa shape index (κ2) is 6.22. The minimum atomic E-state index is -0.518. The van der Waals surface area contributed by atoms with E-state index in [-0.39, 0.29) is 29.2 Å².